The second-order valence-electron chi connectivity index (χ2n) is 14.3. The molecular formula is C34H35ClF5N9O5S. The average molecular weight is 812 g/mol. The third kappa shape index (κ3) is 8.43. The normalized spacial score (nSPS) is 19.0. The number of alkyl halides is 4. The second-order valence-corrected chi connectivity index (χ2v) is 16.6. The van der Waals surface area contributed by atoms with Crippen molar-refractivity contribution in [2.45, 2.75) is 64.1 Å². The van der Waals surface area contributed by atoms with Crippen molar-refractivity contribution in [3.05, 3.63) is 82.9 Å². The third-order valence-corrected chi connectivity index (χ3v) is 10.2. The number of benzene rings is 2. The molecule has 2 bridgehead atoms. The number of halogens is 6. The third-order valence-electron chi connectivity index (χ3n) is 8.96. The highest BCUT2D eigenvalue weighted by Crippen LogP contribution is 2.49. The van der Waals surface area contributed by atoms with Crippen LogP contribution in [0, 0.1) is 11.2 Å². The summed E-state index contributed by atoms with van der Waals surface area (Å²) in [5.41, 5.74) is -2.73. The lowest BCUT2D eigenvalue weighted by atomic mass is 9.92. The number of ether oxygens (including phenoxy) is 1. The van der Waals surface area contributed by atoms with Gasteiger partial charge in [0, 0.05) is 12.1 Å². The molecule has 2 aromatic carbocycles. The van der Waals surface area contributed by atoms with Crippen molar-refractivity contribution in [1.29, 1.82) is 0 Å². The predicted molar refractivity (Wildman–Crippen MR) is 189 cm³/mol. The van der Waals surface area contributed by atoms with Crippen molar-refractivity contribution in [2.75, 3.05) is 19.4 Å². The predicted octanol–water partition coefficient (Wildman–Crippen LogP) is 6.10. The van der Waals surface area contributed by atoms with Gasteiger partial charge in [-0.25, -0.2) is 31.7 Å². The van der Waals surface area contributed by atoms with Gasteiger partial charge in [-0.05, 0) is 60.1 Å². The largest absolute Gasteiger partial charge is 0.447 e. The number of carbonyl (C=O) groups is 2. The Morgan fingerprint density at radius 2 is 1.84 bits per heavy atom. The van der Waals surface area contributed by atoms with Crippen molar-refractivity contribution in [1.82, 2.24) is 39.5 Å². The summed E-state index contributed by atoms with van der Waals surface area (Å²) >= 11 is 6.50. The lowest BCUT2D eigenvalue weighted by Gasteiger charge is -2.35. The first kappa shape index (κ1) is 39.6. The number of nitrogens with zero attached hydrogens (tertiary/aromatic N) is 7. The number of fused-ring (bicyclic) bond motifs is 4. The number of hydrogen-bond donors (Lipinski definition) is 2. The maximum atomic E-state index is 16.3. The van der Waals surface area contributed by atoms with Crippen LogP contribution in [0.2, 0.25) is 5.02 Å². The first-order valence-electron chi connectivity index (χ1n) is 16.7. The number of hydrogen-bond acceptors (Lipinski definition) is 9. The van der Waals surface area contributed by atoms with Gasteiger partial charge in [-0.3, -0.25) is 14.7 Å². The minimum absolute atomic E-state index is 0.00873. The van der Waals surface area contributed by atoms with Crippen molar-refractivity contribution in [3.8, 4) is 16.8 Å². The topological polar surface area (TPSA) is 166 Å². The molecule has 1 fully saturated rings. The number of carbonyl (C=O) groups excluding carboxylic acids is 2. The summed E-state index contributed by atoms with van der Waals surface area (Å²) < 4.78 is 105. The van der Waals surface area contributed by atoms with Crippen LogP contribution in [0.4, 0.5) is 26.7 Å². The van der Waals surface area contributed by atoms with Crippen LogP contribution in [0.1, 0.15) is 74.1 Å². The minimum Gasteiger partial charge on any atom is -0.447 e. The van der Waals surface area contributed by atoms with Gasteiger partial charge in [-0.1, -0.05) is 44.5 Å². The van der Waals surface area contributed by atoms with Gasteiger partial charge < -0.3 is 15.4 Å². The van der Waals surface area contributed by atoms with Gasteiger partial charge in [-0.2, -0.15) is 27.5 Å². The van der Waals surface area contributed by atoms with E-state index in [1.165, 1.54) is 30.5 Å². The molecule has 2 amide bonds. The van der Waals surface area contributed by atoms with Crippen LogP contribution in [-0.4, -0.2) is 86.4 Å². The standard InChI is InChI=1S/C34H35ClF5N9O5S/c1-32(2,3)11-12-41-30-45-27(37)28-42-18-44-49(28)25-14-20(6-8-23(25)35)26(17-54-31(51)46-33(9-10-33)34(38,39)40)48(30)29(50)22-7-5-19(13-24(22)36)21-15-43-47(16-21)55(4,52)53/h5-8,13-16,18,26-27H,9-12,17H2,1-4H3,(H,41,45)(H,46,51)/t26-,27?/m1/s1. The molecule has 1 unspecified atom stereocenters. The molecule has 1 saturated carbocycles. The summed E-state index contributed by atoms with van der Waals surface area (Å²) in [5, 5.41) is 12.3. The summed E-state index contributed by atoms with van der Waals surface area (Å²) in [6.07, 6.45) is -4.39. The molecule has 1 aliphatic carbocycles. The molecule has 3 heterocycles. The van der Waals surface area contributed by atoms with Crippen LogP contribution in [-0.2, 0) is 14.8 Å². The zero-order valence-corrected chi connectivity index (χ0v) is 31.3. The van der Waals surface area contributed by atoms with Gasteiger partial charge in [-0.15, -0.1) is 0 Å². The summed E-state index contributed by atoms with van der Waals surface area (Å²) in [7, 11) is -3.76. The molecule has 21 heteroatoms. The Bertz CT molecular complexity index is 2270. The Morgan fingerprint density at radius 1 is 1.11 bits per heavy atom. The van der Waals surface area contributed by atoms with Gasteiger partial charge in [0.15, 0.2) is 5.82 Å². The molecule has 2 atom stereocenters. The quantitative estimate of drug-likeness (QED) is 0.158. The Balaban J connectivity index is 1.47. The number of guanidine groups is 1. The summed E-state index contributed by atoms with van der Waals surface area (Å²) in [5.74, 6) is -2.95. The van der Waals surface area contributed by atoms with Crippen molar-refractivity contribution in [2.24, 2.45) is 10.4 Å². The van der Waals surface area contributed by atoms with E-state index in [4.69, 9.17) is 16.3 Å². The number of alkyl carbamates (subject to hydrolysis) is 1. The molecule has 2 aliphatic rings. The monoisotopic (exact) mass is 811 g/mol. The molecule has 6 rings (SSSR count). The molecule has 2 aromatic heterocycles. The van der Waals surface area contributed by atoms with Crippen molar-refractivity contribution >= 4 is 39.6 Å². The van der Waals surface area contributed by atoms with Gasteiger partial charge in [0.25, 0.3) is 15.9 Å². The van der Waals surface area contributed by atoms with Gasteiger partial charge in [0.05, 0.1) is 41.0 Å². The molecular weight excluding hydrogens is 777 g/mol. The molecule has 0 saturated heterocycles. The lowest BCUT2D eigenvalue weighted by molar-refractivity contribution is -0.164. The highest BCUT2D eigenvalue weighted by atomic mass is 35.5. The highest BCUT2D eigenvalue weighted by Gasteiger charge is 2.64. The van der Waals surface area contributed by atoms with Crippen LogP contribution in [0.15, 0.2) is 60.1 Å². The average Bonchev–Trinajstić information content (AvgIpc) is 3.46. The second kappa shape index (κ2) is 14.5. The van der Waals surface area contributed by atoms with Crippen LogP contribution in [0.5, 0.6) is 0 Å². The van der Waals surface area contributed by atoms with E-state index in [1.807, 2.05) is 26.1 Å². The summed E-state index contributed by atoms with van der Waals surface area (Å²) in [6, 6.07) is 6.14. The number of amides is 2. The molecule has 55 heavy (non-hydrogen) atoms. The lowest BCUT2D eigenvalue weighted by Crippen LogP contribution is -2.51. The van der Waals surface area contributed by atoms with Gasteiger partial charge in [0.1, 0.15) is 24.3 Å². The smallest absolute Gasteiger partial charge is 0.411 e. The molecule has 14 nitrogen and oxygen atoms in total. The Hall–Kier alpha value is -5.11. The van der Waals surface area contributed by atoms with Crippen LogP contribution < -0.4 is 10.6 Å². The maximum absolute atomic E-state index is 16.3. The molecule has 4 aromatic rings. The van der Waals surface area contributed by atoms with E-state index in [1.54, 1.807) is 0 Å². The van der Waals surface area contributed by atoms with Gasteiger partial charge in [0.2, 0.25) is 12.3 Å². The SMILES string of the molecule is CC(C)(C)CCN=C1NC(F)c2ncnn2-c2cc(ccc2Cl)[C@@H](COC(=O)NC2(C(F)(F)F)CC2)N1C(=O)c1ccc(-c2cnn(S(C)(=O)=O)c2)cc1F. The van der Waals surface area contributed by atoms with Crippen molar-refractivity contribution in [3.63, 3.8) is 0 Å². The Labute approximate surface area is 316 Å². The molecule has 0 radical (unpaired) electrons. The van der Waals surface area contributed by atoms with E-state index >= 15 is 8.78 Å². The number of nitrogens with one attached hydrogen (secondary N) is 2. The zero-order valence-electron chi connectivity index (χ0n) is 29.7. The molecule has 0 spiro atoms. The molecule has 294 valence electrons. The molecule has 1 aliphatic heterocycles. The van der Waals surface area contributed by atoms with E-state index in [9.17, 15) is 31.2 Å². The fourth-order valence-electron chi connectivity index (χ4n) is 5.70. The Morgan fingerprint density at radius 3 is 2.45 bits per heavy atom. The summed E-state index contributed by atoms with van der Waals surface area (Å²) in [6.45, 7) is 4.96. The molecule has 2 N–H and O–H groups in total. The van der Waals surface area contributed by atoms with E-state index < -0.39 is 70.0 Å². The van der Waals surface area contributed by atoms with E-state index in [0.29, 0.717) is 10.5 Å². The van der Waals surface area contributed by atoms with Crippen LogP contribution in [0.25, 0.3) is 16.8 Å². The van der Waals surface area contributed by atoms with Crippen LogP contribution in [0.3, 0.4) is 0 Å². The van der Waals surface area contributed by atoms with E-state index in [0.717, 1.165) is 40.5 Å². The van der Waals surface area contributed by atoms with E-state index in [2.05, 4.69) is 25.5 Å². The maximum Gasteiger partial charge on any atom is 0.411 e. The highest BCUT2D eigenvalue weighted by molar-refractivity contribution is 7.89. The fourth-order valence-corrected chi connectivity index (χ4v) is 6.42. The first-order chi connectivity index (χ1) is 25.7. The van der Waals surface area contributed by atoms with Crippen LogP contribution >= 0.6 is 11.6 Å². The minimum atomic E-state index is -4.76. The zero-order chi connectivity index (χ0) is 40.1. The first-order valence-corrected chi connectivity index (χ1v) is 19.0. The fraction of sp³-hybridized carbons (Fsp3) is 0.412. The van der Waals surface area contributed by atoms with Crippen molar-refractivity contribution < 1.29 is 44.7 Å². The van der Waals surface area contributed by atoms with E-state index in [-0.39, 0.29) is 58.0 Å². The Kier molecular flexibility index (Phi) is 10.4. The number of rotatable bonds is 8. The summed E-state index contributed by atoms with van der Waals surface area (Å²) in [4.78, 5) is 37.0. The number of aliphatic imine (C=N–C) groups is 1. The van der Waals surface area contributed by atoms with Gasteiger partial charge >= 0.3 is 12.3 Å². The number of aromatic nitrogens is 5.